The van der Waals surface area contributed by atoms with E-state index in [-0.39, 0.29) is 11.8 Å². The molecule has 0 bridgehead atoms. The first-order valence-corrected chi connectivity index (χ1v) is 10.1. The van der Waals surface area contributed by atoms with Crippen molar-refractivity contribution in [3.63, 3.8) is 0 Å². The van der Waals surface area contributed by atoms with Gasteiger partial charge in [0.25, 0.3) is 11.8 Å². The number of carbonyl (C=O) groups excluding carboxylic acids is 2. The zero-order chi connectivity index (χ0) is 20.7. The quantitative estimate of drug-likeness (QED) is 0.724. The van der Waals surface area contributed by atoms with Gasteiger partial charge in [-0.2, -0.15) is 0 Å². The molecular formula is C24H25FN2O2. The second kappa shape index (κ2) is 7.47. The standard InChI is InChI=1S/C24H25FN2O2/c1-15-5-4-12-26(14-15)22-21(18-7-6-16(2)17(3)13-18)23(28)27(24(22)29)20-10-8-19(25)9-11-20/h6-11,13,15H,4-5,12,14H2,1-3H3. The van der Waals surface area contributed by atoms with E-state index in [9.17, 15) is 14.0 Å². The van der Waals surface area contributed by atoms with Gasteiger partial charge in [-0.25, -0.2) is 9.29 Å². The molecule has 1 unspecified atom stereocenters. The van der Waals surface area contributed by atoms with Crippen molar-refractivity contribution in [1.82, 2.24) is 4.90 Å². The van der Waals surface area contributed by atoms with Crippen LogP contribution in [-0.2, 0) is 9.59 Å². The molecular weight excluding hydrogens is 367 g/mol. The van der Waals surface area contributed by atoms with Crippen molar-refractivity contribution in [1.29, 1.82) is 0 Å². The summed E-state index contributed by atoms with van der Waals surface area (Å²) in [5, 5.41) is 0. The van der Waals surface area contributed by atoms with E-state index in [1.54, 1.807) is 0 Å². The van der Waals surface area contributed by atoms with Gasteiger partial charge >= 0.3 is 0 Å². The minimum Gasteiger partial charge on any atom is -0.366 e. The molecule has 4 nitrogen and oxygen atoms in total. The molecule has 5 heteroatoms. The van der Waals surface area contributed by atoms with Crippen LogP contribution in [0.2, 0.25) is 0 Å². The molecule has 0 aliphatic carbocycles. The van der Waals surface area contributed by atoms with Crippen molar-refractivity contribution in [3.8, 4) is 0 Å². The highest BCUT2D eigenvalue weighted by Gasteiger charge is 2.43. The number of benzene rings is 2. The monoisotopic (exact) mass is 392 g/mol. The van der Waals surface area contributed by atoms with E-state index < -0.39 is 5.82 Å². The van der Waals surface area contributed by atoms with E-state index in [1.807, 2.05) is 32.0 Å². The fourth-order valence-corrected chi connectivity index (χ4v) is 4.19. The number of nitrogens with zero attached hydrogens (tertiary/aromatic N) is 2. The van der Waals surface area contributed by atoms with Gasteiger partial charge in [-0.3, -0.25) is 9.59 Å². The average Bonchev–Trinajstić information content (AvgIpc) is 2.95. The number of hydrogen-bond acceptors (Lipinski definition) is 3. The lowest BCUT2D eigenvalue weighted by Crippen LogP contribution is -2.39. The van der Waals surface area contributed by atoms with Crippen LogP contribution in [0, 0.1) is 25.6 Å². The molecule has 1 fully saturated rings. The lowest BCUT2D eigenvalue weighted by Gasteiger charge is -2.33. The SMILES string of the molecule is Cc1ccc(C2=C(N3CCCC(C)C3)C(=O)N(c3ccc(F)cc3)C2=O)cc1C. The molecule has 4 rings (SSSR count). The molecule has 1 saturated heterocycles. The average molecular weight is 392 g/mol. The van der Waals surface area contributed by atoms with E-state index in [1.165, 1.54) is 29.2 Å². The van der Waals surface area contributed by atoms with Gasteiger partial charge < -0.3 is 4.90 Å². The zero-order valence-corrected chi connectivity index (χ0v) is 17.0. The number of aryl methyl sites for hydroxylation is 2. The number of rotatable bonds is 3. The maximum absolute atomic E-state index is 13.5. The minimum atomic E-state index is -0.403. The molecule has 2 aliphatic heterocycles. The third-order valence-corrected chi connectivity index (χ3v) is 5.91. The molecule has 0 radical (unpaired) electrons. The summed E-state index contributed by atoms with van der Waals surface area (Å²) in [6.07, 6.45) is 2.11. The normalized spacial score (nSPS) is 20.1. The first-order chi connectivity index (χ1) is 13.9. The Morgan fingerprint density at radius 2 is 1.69 bits per heavy atom. The Balaban J connectivity index is 1.84. The second-order valence-corrected chi connectivity index (χ2v) is 8.14. The fraction of sp³-hybridized carbons (Fsp3) is 0.333. The summed E-state index contributed by atoms with van der Waals surface area (Å²) in [5.74, 6) is -0.623. The third-order valence-electron chi connectivity index (χ3n) is 5.91. The Kier molecular flexibility index (Phi) is 4.99. The van der Waals surface area contributed by atoms with Gasteiger partial charge in [0.15, 0.2) is 0 Å². The number of piperidine rings is 1. The smallest absolute Gasteiger partial charge is 0.282 e. The van der Waals surface area contributed by atoms with Gasteiger partial charge in [0.2, 0.25) is 0 Å². The van der Waals surface area contributed by atoms with Crippen molar-refractivity contribution in [2.24, 2.45) is 5.92 Å². The number of anilines is 1. The van der Waals surface area contributed by atoms with Crippen molar-refractivity contribution in [3.05, 3.63) is 70.7 Å². The molecule has 0 saturated carbocycles. The molecule has 2 aliphatic rings. The van der Waals surface area contributed by atoms with Crippen LogP contribution in [0.15, 0.2) is 48.2 Å². The fourth-order valence-electron chi connectivity index (χ4n) is 4.19. The van der Waals surface area contributed by atoms with Gasteiger partial charge in [-0.15, -0.1) is 0 Å². The number of halogens is 1. The van der Waals surface area contributed by atoms with Crippen molar-refractivity contribution < 1.29 is 14.0 Å². The largest absolute Gasteiger partial charge is 0.366 e. The minimum absolute atomic E-state index is 0.330. The van der Waals surface area contributed by atoms with E-state index in [0.717, 1.165) is 42.6 Å². The summed E-state index contributed by atoms with van der Waals surface area (Å²) in [6, 6.07) is 11.4. The lowest BCUT2D eigenvalue weighted by atomic mass is 9.96. The van der Waals surface area contributed by atoms with Crippen LogP contribution in [0.3, 0.4) is 0 Å². The summed E-state index contributed by atoms with van der Waals surface area (Å²) in [6.45, 7) is 7.69. The highest BCUT2D eigenvalue weighted by molar-refractivity contribution is 6.45. The van der Waals surface area contributed by atoms with Crippen LogP contribution in [0.4, 0.5) is 10.1 Å². The van der Waals surface area contributed by atoms with E-state index in [2.05, 4.69) is 11.8 Å². The number of imide groups is 1. The first kappa shape index (κ1) is 19.4. The number of likely N-dealkylation sites (tertiary alicyclic amines) is 1. The highest BCUT2D eigenvalue weighted by atomic mass is 19.1. The van der Waals surface area contributed by atoms with Gasteiger partial charge in [0.1, 0.15) is 11.5 Å². The van der Waals surface area contributed by atoms with Crippen molar-refractivity contribution in [2.45, 2.75) is 33.6 Å². The Labute approximate surface area is 170 Å². The van der Waals surface area contributed by atoms with Gasteiger partial charge in [-0.05, 0) is 73.6 Å². The Bertz CT molecular complexity index is 1010. The molecule has 2 aromatic carbocycles. The summed E-state index contributed by atoms with van der Waals surface area (Å²) in [7, 11) is 0. The summed E-state index contributed by atoms with van der Waals surface area (Å²) in [5.41, 5.74) is 4.26. The van der Waals surface area contributed by atoms with Crippen LogP contribution >= 0.6 is 0 Å². The molecule has 1 atom stereocenters. The maximum atomic E-state index is 13.5. The highest BCUT2D eigenvalue weighted by Crippen LogP contribution is 2.36. The van der Waals surface area contributed by atoms with Crippen LogP contribution in [-0.4, -0.2) is 29.8 Å². The van der Waals surface area contributed by atoms with Crippen LogP contribution < -0.4 is 4.90 Å². The van der Waals surface area contributed by atoms with Gasteiger partial charge in [0, 0.05) is 13.1 Å². The Hall–Kier alpha value is -2.95. The van der Waals surface area contributed by atoms with Crippen molar-refractivity contribution >= 4 is 23.1 Å². The van der Waals surface area contributed by atoms with Crippen LogP contribution in [0.25, 0.3) is 5.57 Å². The molecule has 2 amide bonds. The van der Waals surface area contributed by atoms with E-state index >= 15 is 0 Å². The topological polar surface area (TPSA) is 40.6 Å². The summed E-state index contributed by atoms with van der Waals surface area (Å²) < 4.78 is 13.4. The van der Waals surface area contributed by atoms with Crippen LogP contribution in [0.1, 0.15) is 36.5 Å². The molecule has 150 valence electrons. The molecule has 0 spiro atoms. The predicted molar refractivity (Wildman–Crippen MR) is 112 cm³/mol. The summed E-state index contributed by atoms with van der Waals surface area (Å²) in [4.78, 5) is 30.2. The van der Waals surface area contributed by atoms with Gasteiger partial charge in [-0.1, -0.05) is 25.1 Å². The molecule has 2 aromatic rings. The number of hydrogen-bond donors (Lipinski definition) is 0. The predicted octanol–water partition coefficient (Wildman–Crippen LogP) is 4.46. The second-order valence-electron chi connectivity index (χ2n) is 8.14. The molecule has 0 N–H and O–H groups in total. The Morgan fingerprint density at radius 1 is 0.966 bits per heavy atom. The first-order valence-electron chi connectivity index (χ1n) is 10.1. The third kappa shape index (κ3) is 3.46. The number of carbonyl (C=O) groups is 2. The van der Waals surface area contributed by atoms with E-state index in [0.29, 0.717) is 22.9 Å². The van der Waals surface area contributed by atoms with E-state index in [4.69, 9.17) is 0 Å². The molecule has 2 heterocycles. The maximum Gasteiger partial charge on any atom is 0.282 e. The van der Waals surface area contributed by atoms with Crippen molar-refractivity contribution in [2.75, 3.05) is 18.0 Å². The Morgan fingerprint density at radius 3 is 2.34 bits per heavy atom. The molecule has 29 heavy (non-hydrogen) atoms. The summed E-state index contributed by atoms with van der Waals surface area (Å²) >= 11 is 0. The van der Waals surface area contributed by atoms with Gasteiger partial charge in [0.05, 0.1) is 11.3 Å². The molecule has 0 aromatic heterocycles. The number of amides is 2. The lowest BCUT2D eigenvalue weighted by molar-refractivity contribution is -0.120. The van der Waals surface area contributed by atoms with Crippen LogP contribution in [0.5, 0.6) is 0 Å². The zero-order valence-electron chi connectivity index (χ0n) is 17.0.